The van der Waals surface area contributed by atoms with E-state index in [9.17, 15) is 4.79 Å². The Kier molecular flexibility index (Phi) is 2.38. The molecule has 11 heavy (non-hydrogen) atoms. The molecule has 0 atom stereocenters. The second-order valence-electron chi connectivity index (χ2n) is 1.87. The van der Waals surface area contributed by atoms with Crippen LogP contribution in [0.1, 0.15) is 10.4 Å². The van der Waals surface area contributed by atoms with Gasteiger partial charge in [-0.2, -0.15) is 0 Å². The number of hydrogen-bond acceptors (Lipinski definition) is 3. The zero-order valence-electron chi connectivity index (χ0n) is 5.86. The Morgan fingerprint density at radius 2 is 2.00 bits per heavy atom. The third-order valence-corrected chi connectivity index (χ3v) is 1.16. The summed E-state index contributed by atoms with van der Waals surface area (Å²) >= 11 is 0. The zero-order chi connectivity index (χ0) is 8.10. The van der Waals surface area contributed by atoms with Gasteiger partial charge in [0.05, 0.1) is 5.56 Å². The van der Waals surface area contributed by atoms with E-state index in [0.717, 1.165) is 0 Å². The molecule has 0 aromatic heterocycles. The summed E-state index contributed by atoms with van der Waals surface area (Å²) in [5, 5.41) is 3.01. The molecule has 0 fully saturated rings. The number of carbonyl (C=O) groups excluding carboxylic acids is 1. The van der Waals surface area contributed by atoms with Gasteiger partial charge in [-0.3, -0.25) is 0 Å². The zero-order valence-corrected chi connectivity index (χ0v) is 5.86. The number of carbonyl (C=O) groups is 1. The number of benzene rings is 1. The maximum atomic E-state index is 10.9. The van der Waals surface area contributed by atoms with Crippen molar-refractivity contribution < 1.29 is 9.63 Å². The average molecular weight is 149 g/mol. The largest absolute Gasteiger partial charge is 0.365 e. The highest BCUT2D eigenvalue weighted by atomic mass is 16.7. The minimum Gasteiger partial charge on any atom is -0.313 e. The van der Waals surface area contributed by atoms with Gasteiger partial charge < -0.3 is 4.84 Å². The molecule has 1 rings (SSSR count). The van der Waals surface area contributed by atoms with Crippen molar-refractivity contribution in [1.29, 1.82) is 0 Å². The molecule has 3 nitrogen and oxygen atoms in total. The number of oxime groups is 1. The minimum atomic E-state index is -0.486. The highest BCUT2D eigenvalue weighted by molar-refractivity contribution is 5.89. The Morgan fingerprint density at radius 3 is 2.55 bits per heavy atom. The monoisotopic (exact) mass is 149 g/mol. The van der Waals surface area contributed by atoms with Crippen LogP contribution in [0.3, 0.4) is 0 Å². The van der Waals surface area contributed by atoms with Crippen LogP contribution in [0.15, 0.2) is 35.5 Å². The van der Waals surface area contributed by atoms with E-state index in [0.29, 0.717) is 5.56 Å². The van der Waals surface area contributed by atoms with Gasteiger partial charge in [0.15, 0.2) is 0 Å². The summed E-state index contributed by atoms with van der Waals surface area (Å²) in [5.41, 5.74) is 0.472. The molecular weight excluding hydrogens is 142 g/mol. The van der Waals surface area contributed by atoms with E-state index in [-0.39, 0.29) is 0 Å². The molecule has 0 saturated heterocycles. The number of nitrogens with zero attached hydrogens (tertiary/aromatic N) is 1. The van der Waals surface area contributed by atoms with Gasteiger partial charge in [0.25, 0.3) is 0 Å². The Bertz CT molecular complexity index is 256. The molecule has 0 aliphatic heterocycles. The second kappa shape index (κ2) is 3.51. The lowest BCUT2D eigenvalue weighted by molar-refractivity contribution is 0.0521. The normalized spacial score (nSPS) is 8.73. The van der Waals surface area contributed by atoms with Gasteiger partial charge in [0, 0.05) is 6.72 Å². The summed E-state index contributed by atoms with van der Waals surface area (Å²) in [4.78, 5) is 15.2. The molecular formula is C8H7NO2. The Labute approximate surface area is 64.3 Å². The molecule has 0 radical (unpaired) electrons. The molecule has 0 spiro atoms. The van der Waals surface area contributed by atoms with Crippen molar-refractivity contribution in [3.8, 4) is 0 Å². The molecule has 0 aliphatic carbocycles. The maximum Gasteiger partial charge on any atom is 0.365 e. The van der Waals surface area contributed by atoms with Crippen LogP contribution in [0.2, 0.25) is 0 Å². The van der Waals surface area contributed by atoms with E-state index < -0.39 is 5.97 Å². The summed E-state index contributed by atoms with van der Waals surface area (Å²) in [5.74, 6) is -0.486. The number of rotatable bonds is 2. The van der Waals surface area contributed by atoms with Crippen LogP contribution in [-0.4, -0.2) is 12.7 Å². The number of hydrogen-bond donors (Lipinski definition) is 0. The third kappa shape index (κ3) is 1.89. The molecule has 1 aromatic rings. The van der Waals surface area contributed by atoms with Crippen molar-refractivity contribution in [2.45, 2.75) is 0 Å². The summed E-state index contributed by atoms with van der Waals surface area (Å²) < 4.78 is 0. The molecule has 0 heterocycles. The van der Waals surface area contributed by atoms with Crippen molar-refractivity contribution in [2.75, 3.05) is 0 Å². The fraction of sp³-hybridized carbons (Fsp3) is 0. The first-order valence-electron chi connectivity index (χ1n) is 3.07. The van der Waals surface area contributed by atoms with E-state index in [1.807, 2.05) is 6.07 Å². The van der Waals surface area contributed by atoms with Gasteiger partial charge >= 0.3 is 5.97 Å². The lowest BCUT2D eigenvalue weighted by atomic mass is 10.2. The van der Waals surface area contributed by atoms with Crippen molar-refractivity contribution >= 4 is 12.7 Å². The molecule has 0 aliphatic rings. The first-order valence-corrected chi connectivity index (χ1v) is 3.07. The summed E-state index contributed by atoms with van der Waals surface area (Å²) in [7, 11) is 0. The van der Waals surface area contributed by atoms with E-state index in [2.05, 4.69) is 16.7 Å². The molecule has 0 N–H and O–H groups in total. The van der Waals surface area contributed by atoms with Gasteiger partial charge in [0.1, 0.15) is 0 Å². The van der Waals surface area contributed by atoms with Gasteiger partial charge in [-0.15, -0.1) is 0 Å². The van der Waals surface area contributed by atoms with Crippen LogP contribution in [0.25, 0.3) is 0 Å². The van der Waals surface area contributed by atoms with Crippen molar-refractivity contribution in [3.63, 3.8) is 0 Å². The van der Waals surface area contributed by atoms with E-state index in [1.54, 1.807) is 24.3 Å². The topological polar surface area (TPSA) is 38.7 Å². The standard InChI is InChI=1S/C8H7NO2/c1-9-11-8(10)7-5-3-2-4-6-7/h2-6H,1H2. The van der Waals surface area contributed by atoms with E-state index in [1.165, 1.54) is 0 Å². The Morgan fingerprint density at radius 1 is 1.36 bits per heavy atom. The van der Waals surface area contributed by atoms with Crippen LogP contribution in [0.4, 0.5) is 0 Å². The predicted octanol–water partition coefficient (Wildman–Crippen LogP) is 1.46. The Hall–Kier alpha value is -1.64. The van der Waals surface area contributed by atoms with Crippen LogP contribution in [-0.2, 0) is 4.84 Å². The Balaban J connectivity index is 2.77. The van der Waals surface area contributed by atoms with Gasteiger partial charge in [-0.05, 0) is 12.1 Å². The highest BCUT2D eigenvalue weighted by Gasteiger charge is 2.03. The average Bonchev–Trinajstić information content (AvgIpc) is 2.07. The van der Waals surface area contributed by atoms with Gasteiger partial charge in [-0.25, -0.2) is 4.79 Å². The fourth-order valence-electron chi connectivity index (χ4n) is 0.686. The summed E-state index contributed by atoms with van der Waals surface area (Å²) in [6, 6.07) is 8.61. The lowest BCUT2D eigenvalue weighted by Crippen LogP contribution is -1.98. The third-order valence-electron chi connectivity index (χ3n) is 1.16. The van der Waals surface area contributed by atoms with E-state index in [4.69, 9.17) is 0 Å². The molecule has 56 valence electrons. The fourth-order valence-corrected chi connectivity index (χ4v) is 0.686. The smallest absolute Gasteiger partial charge is 0.313 e. The highest BCUT2D eigenvalue weighted by Crippen LogP contribution is 2.00. The van der Waals surface area contributed by atoms with Crippen molar-refractivity contribution in [1.82, 2.24) is 0 Å². The second-order valence-corrected chi connectivity index (χ2v) is 1.87. The van der Waals surface area contributed by atoms with Crippen LogP contribution in [0, 0.1) is 0 Å². The molecule has 3 heteroatoms. The summed E-state index contributed by atoms with van der Waals surface area (Å²) in [6.45, 7) is 3.03. The van der Waals surface area contributed by atoms with Crippen LogP contribution in [0.5, 0.6) is 0 Å². The van der Waals surface area contributed by atoms with Gasteiger partial charge in [0.2, 0.25) is 0 Å². The molecule has 1 aromatic carbocycles. The first-order chi connectivity index (χ1) is 5.34. The molecule has 0 unspecified atom stereocenters. The lowest BCUT2D eigenvalue weighted by Gasteiger charge is -1.94. The van der Waals surface area contributed by atoms with Crippen LogP contribution < -0.4 is 0 Å². The van der Waals surface area contributed by atoms with Crippen molar-refractivity contribution in [2.24, 2.45) is 5.16 Å². The van der Waals surface area contributed by atoms with Crippen molar-refractivity contribution in [3.05, 3.63) is 35.9 Å². The maximum absolute atomic E-state index is 10.9. The SMILES string of the molecule is C=NOC(=O)c1ccccc1. The van der Waals surface area contributed by atoms with Crippen LogP contribution >= 0.6 is 0 Å². The molecule has 0 amide bonds. The predicted molar refractivity (Wildman–Crippen MR) is 41.4 cm³/mol. The summed E-state index contributed by atoms with van der Waals surface area (Å²) in [6.07, 6.45) is 0. The quantitative estimate of drug-likeness (QED) is 0.362. The van der Waals surface area contributed by atoms with Gasteiger partial charge in [-0.1, -0.05) is 23.4 Å². The minimum absolute atomic E-state index is 0.472. The molecule has 0 bridgehead atoms. The molecule has 0 saturated carbocycles. The van der Waals surface area contributed by atoms with E-state index >= 15 is 0 Å². The first kappa shape index (κ1) is 7.47.